The molecule has 0 bridgehead atoms. The highest BCUT2D eigenvalue weighted by molar-refractivity contribution is 7.14. The lowest BCUT2D eigenvalue weighted by Gasteiger charge is -2.02. The Morgan fingerprint density at radius 1 is 1.08 bits per heavy atom. The van der Waals surface area contributed by atoms with Gasteiger partial charge in [-0.15, -0.1) is 11.3 Å². The number of anilines is 2. The summed E-state index contributed by atoms with van der Waals surface area (Å²) in [6.07, 6.45) is 1.23. The quantitative estimate of drug-likeness (QED) is 0.736. The Morgan fingerprint density at radius 2 is 1.88 bits per heavy atom. The van der Waals surface area contributed by atoms with Crippen molar-refractivity contribution < 1.29 is 14.0 Å². The number of aromatic nitrogens is 2. The van der Waals surface area contributed by atoms with Gasteiger partial charge in [0.2, 0.25) is 5.91 Å². The van der Waals surface area contributed by atoms with Crippen LogP contribution in [0.25, 0.3) is 0 Å². The van der Waals surface area contributed by atoms with Gasteiger partial charge >= 0.3 is 0 Å². The topological polar surface area (TPSA) is 84.0 Å². The van der Waals surface area contributed by atoms with Crippen LogP contribution < -0.4 is 10.6 Å². The number of hydrogen-bond donors (Lipinski definition) is 2. The maximum atomic E-state index is 12.8. The highest BCUT2D eigenvalue weighted by atomic mass is 32.1. The lowest BCUT2D eigenvalue weighted by molar-refractivity contribution is -0.115. The van der Waals surface area contributed by atoms with Crippen molar-refractivity contribution in [2.45, 2.75) is 6.42 Å². The Morgan fingerprint density at radius 3 is 2.60 bits per heavy atom. The summed E-state index contributed by atoms with van der Waals surface area (Å²) >= 11 is 1.15. The summed E-state index contributed by atoms with van der Waals surface area (Å²) in [5.41, 5.74) is 1.03. The number of thiazole rings is 1. The molecule has 2 N–H and O–H groups in total. The van der Waals surface area contributed by atoms with Crippen LogP contribution in [0.4, 0.5) is 15.3 Å². The van der Waals surface area contributed by atoms with Gasteiger partial charge in [0.15, 0.2) is 5.13 Å². The van der Waals surface area contributed by atoms with Crippen molar-refractivity contribution in [3.8, 4) is 0 Å². The molecule has 3 aromatic rings. The van der Waals surface area contributed by atoms with Crippen LogP contribution in [0.5, 0.6) is 0 Å². The van der Waals surface area contributed by atoms with Gasteiger partial charge < -0.3 is 10.6 Å². The summed E-state index contributed by atoms with van der Waals surface area (Å²) in [5.74, 6) is -0.976. The lowest BCUT2D eigenvalue weighted by atomic mass is 10.1. The van der Waals surface area contributed by atoms with E-state index in [1.807, 2.05) is 30.3 Å². The Hall–Kier alpha value is -3.13. The standard InChI is InChI=1S/C17H13FN4O2S/c18-12-6-7-14(19-9-12)21-16(24)13-10-25-17(20-13)22-15(23)8-11-4-2-1-3-5-11/h1-7,9-10H,8H2,(H,19,21,24)(H,20,22,23). The van der Waals surface area contributed by atoms with E-state index in [0.29, 0.717) is 5.13 Å². The number of hydrogen-bond acceptors (Lipinski definition) is 5. The molecule has 0 aliphatic heterocycles. The van der Waals surface area contributed by atoms with Crippen LogP contribution in [-0.4, -0.2) is 21.8 Å². The van der Waals surface area contributed by atoms with Gasteiger partial charge in [0.1, 0.15) is 17.3 Å². The normalized spacial score (nSPS) is 10.3. The fourth-order valence-corrected chi connectivity index (χ4v) is 2.72. The van der Waals surface area contributed by atoms with Crippen molar-refractivity contribution in [1.29, 1.82) is 0 Å². The van der Waals surface area contributed by atoms with Crippen LogP contribution in [0.1, 0.15) is 16.1 Å². The Labute approximate surface area is 146 Å². The summed E-state index contributed by atoms with van der Waals surface area (Å²) in [4.78, 5) is 31.9. The molecule has 0 unspecified atom stereocenters. The Kier molecular flexibility index (Phi) is 5.10. The summed E-state index contributed by atoms with van der Waals surface area (Å²) in [6, 6.07) is 11.9. The minimum Gasteiger partial charge on any atom is -0.305 e. The molecule has 0 aliphatic rings. The van der Waals surface area contributed by atoms with E-state index in [9.17, 15) is 14.0 Å². The molecule has 3 rings (SSSR count). The number of rotatable bonds is 5. The van der Waals surface area contributed by atoms with Crippen molar-refractivity contribution in [3.63, 3.8) is 0 Å². The van der Waals surface area contributed by atoms with E-state index in [4.69, 9.17) is 0 Å². The van der Waals surface area contributed by atoms with E-state index in [2.05, 4.69) is 20.6 Å². The fourth-order valence-electron chi connectivity index (χ4n) is 2.01. The van der Waals surface area contributed by atoms with E-state index in [1.165, 1.54) is 17.5 Å². The summed E-state index contributed by atoms with van der Waals surface area (Å²) < 4.78 is 12.8. The van der Waals surface area contributed by atoms with Crippen molar-refractivity contribution in [3.05, 3.63) is 71.1 Å². The second kappa shape index (κ2) is 7.63. The third kappa shape index (κ3) is 4.67. The number of amides is 2. The van der Waals surface area contributed by atoms with Crippen LogP contribution in [-0.2, 0) is 11.2 Å². The first kappa shape index (κ1) is 16.7. The van der Waals surface area contributed by atoms with Crippen molar-refractivity contribution in [1.82, 2.24) is 9.97 Å². The minimum atomic E-state index is -0.491. The molecule has 0 radical (unpaired) electrons. The average Bonchev–Trinajstić information content (AvgIpc) is 3.06. The second-order valence-electron chi connectivity index (χ2n) is 5.06. The fraction of sp³-hybridized carbons (Fsp3) is 0.0588. The molecule has 126 valence electrons. The van der Waals surface area contributed by atoms with E-state index < -0.39 is 11.7 Å². The first-order valence-corrected chi connectivity index (χ1v) is 8.20. The third-order valence-electron chi connectivity index (χ3n) is 3.16. The van der Waals surface area contributed by atoms with Gasteiger partial charge in [0, 0.05) is 5.38 Å². The maximum absolute atomic E-state index is 12.8. The zero-order valence-electron chi connectivity index (χ0n) is 12.9. The Bertz CT molecular complexity index is 881. The summed E-state index contributed by atoms with van der Waals surface area (Å²) in [5, 5.41) is 7.02. The molecule has 0 aliphatic carbocycles. The molecule has 25 heavy (non-hydrogen) atoms. The smallest absolute Gasteiger partial charge is 0.276 e. The van der Waals surface area contributed by atoms with E-state index in [0.717, 1.165) is 23.1 Å². The molecular formula is C17H13FN4O2S. The number of nitrogens with zero attached hydrogens (tertiary/aromatic N) is 2. The molecule has 2 amide bonds. The van der Waals surface area contributed by atoms with Gasteiger partial charge in [-0.3, -0.25) is 9.59 Å². The van der Waals surface area contributed by atoms with Gasteiger partial charge in [-0.2, -0.15) is 0 Å². The highest BCUT2D eigenvalue weighted by Gasteiger charge is 2.13. The van der Waals surface area contributed by atoms with Gasteiger partial charge in [0.05, 0.1) is 12.6 Å². The van der Waals surface area contributed by atoms with Crippen molar-refractivity contribution in [2.75, 3.05) is 10.6 Å². The van der Waals surface area contributed by atoms with Gasteiger partial charge in [-0.25, -0.2) is 14.4 Å². The molecule has 0 atom stereocenters. The predicted molar refractivity (Wildman–Crippen MR) is 93.0 cm³/mol. The van der Waals surface area contributed by atoms with Crippen LogP contribution in [0.2, 0.25) is 0 Å². The molecule has 8 heteroatoms. The van der Waals surface area contributed by atoms with E-state index in [-0.39, 0.29) is 23.8 Å². The summed E-state index contributed by atoms with van der Waals surface area (Å²) in [7, 11) is 0. The average molecular weight is 356 g/mol. The number of halogens is 1. The number of carbonyl (C=O) groups excluding carboxylic acids is 2. The molecule has 0 saturated heterocycles. The zero-order valence-corrected chi connectivity index (χ0v) is 13.7. The van der Waals surface area contributed by atoms with Crippen molar-refractivity contribution >= 4 is 34.1 Å². The Balaban J connectivity index is 1.59. The molecule has 0 saturated carbocycles. The maximum Gasteiger partial charge on any atom is 0.276 e. The van der Waals surface area contributed by atoms with Crippen LogP contribution in [0.3, 0.4) is 0 Å². The van der Waals surface area contributed by atoms with Gasteiger partial charge in [-0.1, -0.05) is 30.3 Å². The number of benzene rings is 1. The highest BCUT2D eigenvalue weighted by Crippen LogP contribution is 2.17. The van der Waals surface area contributed by atoms with Crippen LogP contribution in [0, 0.1) is 5.82 Å². The van der Waals surface area contributed by atoms with Crippen LogP contribution in [0.15, 0.2) is 54.0 Å². The predicted octanol–water partition coefficient (Wildman–Crippen LogP) is 3.11. The number of pyridine rings is 1. The molecule has 6 nitrogen and oxygen atoms in total. The lowest BCUT2D eigenvalue weighted by Crippen LogP contribution is -2.16. The third-order valence-corrected chi connectivity index (χ3v) is 3.92. The molecular weight excluding hydrogens is 343 g/mol. The SMILES string of the molecule is O=C(Cc1ccccc1)Nc1nc(C(=O)Nc2ccc(F)cn2)cs1. The molecule has 0 fully saturated rings. The van der Waals surface area contributed by atoms with Crippen molar-refractivity contribution in [2.24, 2.45) is 0 Å². The number of carbonyl (C=O) groups is 2. The van der Waals surface area contributed by atoms with E-state index >= 15 is 0 Å². The van der Waals surface area contributed by atoms with Crippen LogP contribution >= 0.6 is 11.3 Å². The van der Waals surface area contributed by atoms with Gasteiger partial charge in [0.25, 0.3) is 5.91 Å². The molecule has 2 aromatic heterocycles. The number of nitrogens with one attached hydrogen (secondary N) is 2. The molecule has 0 spiro atoms. The first-order valence-electron chi connectivity index (χ1n) is 7.32. The zero-order chi connectivity index (χ0) is 17.6. The second-order valence-corrected chi connectivity index (χ2v) is 5.92. The largest absolute Gasteiger partial charge is 0.305 e. The minimum absolute atomic E-state index is 0.145. The molecule has 1 aromatic carbocycles. The molecule has 2 heterocycles. The first-order chi connectivity index (χ1) is 12.1. The van der Waals surface area contributed by atoms with E-state index in [1.54, 1.807) is 0 Å². The monoisotopic (exact) mass is 356 g/mol. The summed E-state index contributed by atoms with van der Waals surface area (Å²) in [6.45, 7) is 0. The van der Waals surface area contributed by atoms with Gasteiger partial charge in [-0.05, 0) is 17.7 Å².